The number of piperazine rings is 1. The highest BCUT2D eigenvalue weighted by Gasteiger charge is 2.34. The van der Waals surface area contributed by atoms with Gasteiger partial charge in [-0.25, -0.2) is 0 Å². The summed E-state index contributed by atoms with van der Waals surface area (Å²) in [5, 5.41) is 2.38. The average Bonchev–Trinajstić information content (AvgIpc) is 3.38. The van der Waals surface area contributed by atoms with E-state index in [1.54, 1.807) is 13.2 Å². The highest BCUT2D eigenvalue weighted by Crippen LogP contribution is 2.42. The first-order valence-electron chi connectivity index (χ1n) is 12.1. The predicted octanol–water partition coefficient (Wildman–Crippen LogP) is 3.07. The van der Waals surface area contributed by atoms with Crippen LogP contribution in [0.1, 0.15) is 16.7 Å². The summed E-state index contributed by atoms with van der Waals surface area (Å²) in [4.78, 5) is 15.5. The van der Waals surface area contributed by atoms with E-state index in [0.29, 0.717) is 36.3 Å². The van der Waals surface area contributed by atoms with Crippen LogP contribution in [0.5, 0.6) is 17.2 Å². The van der Waals surface area contributed by atoms with Crippen LogP contribution in [0.25, 0.3) is 6.08 Å². The summed E-state index contributed by atoms with van der Waals surface area (Å²) < 4.78 is 16.7. The quantitative estimate of drug-likeness (QED) is 0.538. The van der Waals surface area contributed by atoms with E-state index in [-0.39, 0.29) is 18.7 Å². The molecule has 0 bridgehead atoms. The number of carbonyl (C=O) groups excluding carboxylic acids is 1. The zero-order chi connectivity index (χ0) is 24.0. The summed E-state index contributed by atoms with van der Waals surface area (Å²) >= 11 is 0. The fourth-order valence-corrected chi connectivity index (χ4v) is 4.88. The smallest absolute Gasteiger partial charge is 0.247 e. The van der Waals surface area contributed by atoms with E-state index < -0.39 is 0 Å². The maximum Gasteiger partial charge on any atom is 0.247 e. The Bertz CT molecular complexity index is 1180. The maximum atomic E-state index is 13.4. The number of methoxy groups -OCH3 is 1. The minimum atomic E-state index is 0.0396. The summed E-state index contributed by atoms with van der Waals surface area (Å²) in [7, 11) is 1.63. The lowest BCUT2D eigenvalue weighted by atomic mass is 9.97. The van der Waals surface area contributed by atoms with E-state index in [1.807, 2.05) is 59.5 Å². The predicted molar refractivity (Wildman–Crippen MR) is 135 cm³/mol. The first kappa shape index (κ1) is 23.0. The number of benzene rings is 3. The first-order valence-corrected chi connectivity index (χ1v) is 12.1. The highest BCUT2D eigenvalue weighted by atomic mass is 16.7. The fourth-order valence-electron chi connectivity index (χ4n) is 4.88. The standard InChI is InChI=1S/C29H30N2O4/c1-33-26-16-23(17-27-29(26)35-20-34-27)15-25-18-30-24(14-22-10-6-3-7-11-22)19-31(25)28(32)13-12-21-8-4-2-5-9-21/h2-13,16-17,24-25,30H,14-15,18-20H2,1H3/p+1/b13-12+/t24-,25-/m0/s1. The molecule has 3 aromatic carbocycles. The highest BCUT2D eigenvalue weighted by molar-refractivity contribution is 5.92. The van der Waals surface area contributed by atoms with Crippen molar-refractivity contribution < 1.29 is 24.3 Å². The van der Waals surface area contributed by atoms with Crippen LogP contribution in [0.15, 0.2) is 78.9 Å². The lowest BCUT2D eigenvalue weighted by molar-refractivity contribution is -0.701. The second-order valence-corrected chi connectivity index (χ2v) is 9.05. The molecule has 0 saturated carbocycles. The summed E-state index contributed by atoms with van der Waals surface area (Å²) in [5.41, 5.74) is 3.37. The molecule has 1 fully saturated rings. The number of ether oxygens (including phenoxy) is 3. The van der Waals surface area contributed by atoms with Gasteiger partial charge in [-0.05, 0) is 41.3 Å². The van der Waals surface area contributed by atoms with Crippen LogP contribution in [0.3, 0.4) is 0 Å². The van der Waals surface area contributed by atoms with E-state index in [1.165, 1.54) is 5.56 Å². The number of amides is 1. The number of carbonyl (C=O) groups is 1. The molecule has 6 heteroatoms. The molecule has 35 heavy (non-hydrogen) atoms. The number of quaternary nitrogens is 1. The molecule has 1 amide bonds. The Morgan fingerprint density at radius 2 is 1.80 bits per heavy atom. The van der Waals surface area contributed by atoms with Crippen molar-refractivity contribution in [3.05, 3.63) is 95.6 Å². The van der Waals surface area contributed by atoms with Gasteiger partial charge < -0.3 is 24.4 Å². The van der Waals surface area contributed by atoms with Crippen LogP contribution < -0.4 is 19.5 Å². The van der Waals surface area contributed by atoms with Crippen molar-refractivity contribution in [3.63, 3.8) is 0 Å². The van der Waals surface area contributed by atoms with Crippen molar-refractivity contribution in [2.45, 2.75) is 24.9 Å². The molecule has 2 aliphatic rings. The number of rotatable bonds is 7. The van der Waals surface area contributed by atoms with Gasteiger partial charge in [-0.1, -0.05) is 60.7 Å². The number of hydrogen-bond acceptors (Lipinski definition) is 4. The van der Waals surface area contributed by atoms with Crippen LogP contribution in [-0.2, 0) is 17.6 Å². The normalized spacial score (nSPS) is 19.2. The largest absolute Gasteiger partial charge is 0.493 e. The number of hydrogen-bond donors (Lipinski definition) is 1. The zero-order valence-electron chi connectivity index (χ0n) is 19.9. The first-order chi connectivity index (χ1) is 17.2. The van der Waals surface area contributed by atoms with Gasteiger partial charge in [0.2, 0.25) is 18.4 Å². The molecule has 2 atom stereocenters. The van der Waals surface area contributed by atoms with Gasteiger partial charge in [0, 0.05) is 12.5 Å². The van der Waals surface area contributed by atoms with Crippen molar-refractivity contribution in [1.29, 1.82) is 0 Å². The van der Waals surface area contributed by atoms with Crippen LogP contribution in [0, 0.1) is 0 Å². The molecule has 2 N–H and O–H groups in total. The number of nitrogens with zero attached hydrogens (tertiary/aromatic N) is 1. The topological polar surface area (TPSA) is 64.6 Å². The minimum Gasteiger partial charge on any atom is -0.493 e. The van der Waals surface area contributed by atoms with E-state index in [0.717, 1.165) is 24.1 Å². The van der Waals surface area contributed by atoms with Crippen molar-refractivity contribution in [3.8, 4) is 17.2 Å². The lowest BCUT2D eigenvalue weighted by Gasteiger charge is -2.38. The second kappa shape index (κ2) is 10.7. The summed E-state index contributed by atoms with van der Waals surface area (Å²) in [6, 6.07) is 24.8. The third-order valence-corrected chi connectivity index (χ3v) is 6.64. The van der Waals surface area contributed by atoms with Gasteiger partial charge in [-0.3, -0.25) is 4.79 Å². The zero-order valence-corrected chi connectivity index (χ0v) is 19.9. The molecule has 0 radical (unpaired) electrons. The Kier molecular flexibility index (Phi) is 7.00. The molecule has 2 aliphatic heterocycles. The minimum absolute atomic E-state index is 0.0396. The summed E-state index contributed by atoms with van der Waals surface area (Å²) in [6.07, 6.45) is 5.24. The Hall–Kier alpha value is -3.77. The molecule has 6 nitrogen and oxygen atoms in total. The van der Waals surface area contributed by atoms with Crippen molar-refractivity contribution >= 4 is 12.0 Å². The van der Waals surface area contributed by atoms with Crippen LogP contribution >= 0.6 is 0 Å². The van der Waals surface area contributed by atoms with E-state index in [2.05, 4.69) is 29.6 Å². The molecule has 180 valence electrons. The van der Waals surface area contributed by atoms with Crippen LogP contribution in [-0.4, -0.2) is 49.9 Å². The van der Waals surface area contributed by atoms with E-state index >= 15 is 0 Å². The van der Waals surface area contributed by atoms with Gasteiger partial charge in [0.1, 0.15) is 6.04 Å². The fraction of sp³-hybridized carbons (Fsp3) is 0.276. The molecule has 5 rings (SSSR count). The Labute approximate surface area is 206 Å². The lowest BCUT2D eigenvalue weighted by Crippen LogP contribution is -2.97. The van der Waals surface area contributed by atoms with Crippen LogP contribution in [0.2, 0.25) is 0 Å². The van der Waals surface area contributed by atoms with Crippen molar-refractivity contribution in [1.82, 2.24) is 4.90 Å². The van der Waals surface area contributed by atoms with Crippen molar-refractivity contribution in [2.75, 3.05) is 27.0 Å². The van der Waals surface area contributed by atoms with Gasteiger partial charge in [0.25, 0.3) is 0 Å². The maximum absolute atomic E-state index is 13.4. The molecule has 0 unspecified atom stereocenters. The third-order valence-electron chi connectivity index (χ3n) is 6.64. The van der Waals surface area contributed by atoms with Crippen LogP contribution in [0.4, 0.5) is 0 Å². The van der Waals surface area contributed by atoms with Gasteiger partial charge in [-0.2, -0.15) is 0 Å². The van der Waals surface area contributed by atoms with Gasteiger partial charge >= 0.3 is 0 Å². The van der Waals surface area contributed by atoms with Gasteiger partial charge in [-0.15, -0.1) is 0 Å². The number of nitrogens with two attached hydrogens (primary N) is 1. The Morgan fingerprint density at radius 1 is 1.03 bits per heavy atom. The average molecular weight is 472 g/mol. The molecule has 0 spiro atoms. The molecule has 0 aromatic heterocycles. The summed E-state index contributed by atoms with van der Waals surface area (Å²) in [5.74, 6) is 2.05. The molecular formula is C29H31N2O4+. The Morgan fingerprint density at radius 3 is 2.57 bits per heavy atom. The second-order valence-electron chi connectivity index (χ2n) is 9.05. The van der Waals surface area contributed by atoms with Crippen molar-refractivity contribution in [2.24, 2.45) is 0 Å². The third kappa shape index (κ3) is 5.49. The number of fused-ring (bicyclic) bond motifs is 1. The molecule has 1 saturated heterocycles. The Balaban J connectivity index is 1.36. The summed E-state index contributed by atoms with van der Waals surface area (Å²) in [6.45, 7) is 1.72. The molecule has 3 aromatic rings. The molecule has 2 heterocycles. The van der Waals surface area contributed by atoms with Gasteiger partial charge in [0.15, 0.2) is 11.5 Å². The monoisotopic (exact) mass is 471 g/mol. The van der Waals surface area contributed by atoms with E-state index in [9.17, 15) is 4.79 Å². The molecular weight excluding hydrogens is 440 g/mol. The van der Waals surface area contributed by atoms with E-state index in [4.69, 9.17) is 14.2 Å². The van der Waals surface area contributed by atoms with Gasteiger partial charge in [0.05, 0.1) is 26.2 Å². The molecule has 0 aliphatic carbocycles. The SMILES string of the molecule is COc1cc(C[C@H]2C[NH2+][C@@H](Cc3ccccc3)CN2C(=O)/C=C/c2ccccc2)cc2c1OCO2.